The van der Waals surface area contributed by atoms with Crippen LogP contribution in [0.4, 0.5) is 5.69 Å². The summed E-state index contributed by atoms with van der Waals surface area (Å²) in [5.74, 6) is 1.55. The smallest absolute Gasteiger partial charge is 0.126 e. The summed E-state index contributed by atoms with van der Waals surface area (Å²) in [4.78, 5) is 2.10. The van der Waals surface area contributed by atoms with Crippen LogP contribution in [-0.2, 0) is 6.42 Å². The van der Waals surface area contributed by atoms with Crippen molar-refractivity contribution in [1.82, 2.24) is 0 Å². The molecule has 1 unspecified atom stereocenters. The van der Waals surface area contributed by atoms with Crippen molar-refractivity contribution in [3.8, 4) is 11.5 Å². The molecule has 128 valence electrons. The van der Waals surface area contributed by atoms with Gasteiger partial charge in [0.15, 0.2) is 0 Å². The van der Waals surface area contributed by atoms with E-state index in [1.54, 1.807) is 0 Å². The number of phenolic OH excluding ortho intramolecular Hbond substituents is 1. The second-order valence-corrected chi connectivity index (χ2v) is 7.58. The Morgan fingerprint density at radius 2 is 1.71 bits per heavy atom. The number of aromatic hydroxyl groups is 1. The van der Waals surface area contributed by atoms with Crippen molar-refractivity contribution in [3.05, 3.63) is 52.6 Å². The van der Waals surface area contributed by atoms with Crippen LogP contribution >= 0.6 is 0 Å². The second kappa shape index (κ2) is 5.73. The van der Waals surface area contributed by atoms with Crippen molar-refractivity contribution >= 4 is 5.69 Å². The predicted molar refractivity (Wildman–Crippen MR) is 99.5 cm³/mol. The van der Waals surface area contributed by atoms with E-state index in [1.807, 2.05) is 34.0 Å². The van der Waals surface area contributed by atoms with E-state index in [0.717, 1.165) is 28.9 Å². The molecule has 0 aromatic heterocycles. The Balaban J connectivity index is 2.01. The first kappa shape index (κ1) is 16.7. The van der Waals surface area contributed by atoms with Gasteiger partial charge in [0.1, 0.15) is 17.1 Å². The summed E-state index contributed by atoms with van der Waals surface area (Å²) < 4.78 is 6.41. The summed E-state index contributed by atoms with van der Waals surface area (Å²) in [5, 5.41) is 10.2. The molecule has 1 aliphatic heterocycles. The van der Waals surface area contributed by atoms with Gasteiger partial charge in [0.25, 0.3) is 0 Å². The molecule has 1 N–H and O–H groups in total. The van der Waals surface area contributed by atoms with Gasteiger partial charge in [0.2, 0.25) is 0 Å². The van der Waals surface area contributed by atoms with Crippen molar-refractivity contribution in [2.24, 2.45) is 0 Å². The number of benzene rings is 2. The Morgan fingerprint density at radius 3 is 2.29 bits per heavy atom. The zero-order chi connectivity index (χ0) is 17.6. The molecule has 1 atom stereocenters. The largest absolute Gasteiger partial charge is 0.508 e. The third-order valence-corrected chi connectivity index (χ3v) is 5.33. The summed E-state index contributed by atoms with van der Waals surface area (Å²) in [7, 11) is 4.10. The van der Waals surface area contributed by atoms with Crippen LogP contribution in [0.2, 0.25) is 0 Å². The van der Waals surface area contributed by atoms with Gasteiger partial charge < -0.3 is 14.7 Å². The van der Waals surface area contributed by atoms with Crippen LogP contribution in [0.1, 0.15) is 42.0 Å². The molecular formula is C21H27NO2. The lowest BCUT2D eigenvalue weighted by molar-refractivity contribution is 0.0603. The Kier molecular flexibility index (Phi) is 3.98. The van der Waals surface area contributed by atoms with Gasteiger partial charge in [-0.3, -0.25) is 0 Å². The molecule has 0 aliphatic carbocycles. The summed E-state index contributed by atoms with van der Waals surface area (Å²) in [6.07, 6.45) is 0.873. The maximum Gasteiger partial charge on any atom is 0.126 e. The zero-order valence-electron chi connectivity index (χ0n) is 15.5. The Labute approximate surface area is 144 Å². The number of hydrogen-bond donors (Lipinski definition) is 1. The van der Waals surface area contributed by atoms with Crippen LogP contribution in [0.25, 0.3) is 0 Å². The summed E-state index contributed by atoms with van der Waals surface area (Å²) in [6, 6.07) is 10.6. The molecular weight excluding hydrogens is 298 g/mol. The fourth-order valence-corrected chi connectivity index (χ4v) is 3.56. The van der Waals surface area contributed by atoms with Crippen molar-refractivity contribution < 1.29 is 9.84 Å². The monoisotopic (exact) mass is 325 g/mol. The molecule has 1 aliphatic rings. The SMILES string of the molecule is Cc1c(O)cc2c(c1C)OC(C)(C)C(c1ccc(N(C)C)cc1)C2. The van der Waals surface area contributed by atoms with Gasteiger partial charge in [-0.1, -0.05) is 12.1 Å². The van der Waals surface area contributed by atoms with Crippen LogP contribution in [0.15, 0.2) is 30.3 Å². The molecule has 3 rings (SSSR count). The fraction of sp³-hybridized carbons (Fsp3) is 0.429. The highest BCUT2D eigenvalue weighted by molar-refractivity contribution is 5.55. The maximum absolute atomic E-state index is 10.2. The molecule has 3 nitrogen and oxygen atoms in total. The lowest BCUT2D eigenvalue weighted by Crippen LogP contribution is -2.41. The average Bonchev–Trinajstić information content (AvgIpc) is 2.53. The molecule has 24 heavy (non-hydrogen) atoms. The minimum absolute atomic E-state index is 0.253. The highest BCUT2D eigenvalue weighted by Gasteiger charge is 2.39. The third-order valence-electron chi connectivity index (χ3n) is 5.33. The van der Waals surface area contributed by atoms with E-state index in [0.29, 0.717) is 5.75 Å². The first-order valence-corrected chi connectivity index (χ1v) is 8.49. The zero-order valence-corrected chi connectivity index (χ0v) is 15.5. The van der Waals surface area contributed by atoms with E-state index in [9.17, 15) is 5.11 Å². The molecule has 0 saturated heterocycles. The molecule has 0 bridgehead atoms. The standard InChI is InChI=1S/C21H27NO2/c1-13-14(2)20-16(12-19(13)23)11-18(21(3,4)24-20)15-7-9-17(10-8-15)22(5)6/h7-10,12,18,23H,11H2,1-6H3. The van der Waals surface area contributed by atoms with Crippen molar-refractivity contribution in [2.45, 2.75) is 45.6 Å². The first-order chi connectivity index (χ1) is 11.2. The van der Waals surface area contributed by atoms with E-state index in [-0.39, 0.29) is 11.5 Å². The topological polar surface area (TPSA) is 32.7 Å². The molecule has 0 amide bonds. The van der Waals surface area contributed by atoms with Crippen molar-refractivity contribution in [2.75, 3.05) is 19.0 Å². The molecule has 2 aromatic carbocycles. The maximum atomic E-state index is 10.2. The number of rotatable bonds is 2. The summed E-state index contributed by atoms with van der Waals surface area (Å²) in [6.45, 7) is 8.27. The van der Waals surface area contributed by atoms with Gasteiger partial charge >= 0.3 is 0 Å². The molecule has 1 heterocycles. The number of anilines is 1. The molecule has 3 heteroatoms. The molecule has 0 saturated carbocycles. The fourth-order valence-electron chi connectivity index (χ4n) is 3.56. The van der Waals surface area contributed by atoms with E-state index in [4.69, 9.17) is 4.74 Å². The van der Waals surface area contributed by atoms with Crippen LogP contribution in [0.5, 0.6) is 11.5 Å². The van der Waals surface area contributed by atoms with Gasteiger partial charge in [0.05, 0.1) is 0 Å². The number of nitrogens with zero attached hydrogens (tertiary/aromatic N) is 1. The second-order valence-electron chi connectivity index (χ2n) is 7.58. The van der Waals surface area contributed by atoms with Crippen molar-refractivity contribution in [1.29, 1.82) is 0 Å². The third kappa shape index (κ3) is 2.72. The predicted octanol–water partition coefficient (Wildman–Crippen LogP) is 4.57. The summed E-state index contributed by atoms with van der Waals surface area (Å²) in [5.41, 5.74) is 5.21. The van der Waals surface area contributed by atoms with Gasteiger partial charge in [-0.25, -0.2) is 0 Å². The minimum Gasteiger partial charge on any atom is -0.508 e. The quantitative estimate of drug-likeness (QED) is 0.878. The van der Waals surface area contributed by atoms with E-state index < -0.39 is 0 Å². The van der Waals surface area contributed by atoms with Gasteiger partial charge in [0, 0.05) is 25.7 Å². The van der Waals surface area contributed by atoms with Crippen molar-refractivity contribution in [3.63, 3.8) is 0 Å². The number of phenols is 1. The first-order valence-electron chi connectivity index (χ1n) is 8.49. The molecule has 0 spiro atoms. The van der Waals surface area contributed by atoms with Crippen LogP contribution in [0, 0.1) is 13.8 Å². The minimum atomic E-state index is -0.291. The number of hydrogen-bond acceptors (Lipinski definition) is 3. The van der Waals surface area contributed by atoms with Crippen LogP contribution < -0.4 is 9.64 Å². The molecule has 2 aromatic rings. The Bertz CT molecular complexity index is 760. The van der Waals surface area contributed by atoms with E-state index >= 15 is 0 Å². The van der Waals surface area contributed by atoms with Gasteiger partial charge in [-0.15, -0.1) is 0 Å². The lowest BCUT2D eigenvalue weighted by Gasteiger charge is -2.41. The highest BCUT2D eigenvalue weighted by Crippen LogP contribution is 2.46. The van der Waals surface area contributed by atoms with Crippen LogP contribution in [-0.4, -0.2) is 24.8 Å². The van der Waals surface area contributed by atoms with Gasteiger partial charge in [-0.05, 0) is 74.6 Å². The summed E-state index contributed by atoms with van der Waals surface area (Å²) >= 11 is 0. The normalized spacial score (nSPS) is 18.7. The van der Waals surface area contributed by atoms with E-state index in [1.165, 1.54) is 11.3 Å². The average molecular weight is 325 g/mol. The molecule has 0 fully saturated rings. The van der Waals surface area contributed by atoms with E-state index in [2.05, 4.69) is 43.0 Å². The number of ether oxygens (including phenoxy) is 1. The van der Waals surface area contributed by atoms with Gasteiger partial charge in [-0.2, -0.15) is 0 Å². The molecule has 0 radical (unpaired) electrons. The lowest BCUT2D eigenvalue weighted by atomic mass is 9.77. The van der Waals surface area contributed by atoms with Crippen LogP contribution in [0.3, 0.4) is 0 Å². The highest BCUT2D eigenvalue weighted by atomic mass is 16.5. The number of fused-ring (bicyclic) bond motifs is 1. The Hall–Kier alpha value is -2.16. The Morgan fingerprint density at radius 1 is 1.08 bits per heavy atom.